The fraction of sp³-hybridized carbons (Fsp3) is 0.400. The normalized spacial score (nSPS) is 12.9. The van der Waals surface area contributed by atoms with E-state index in [2.05, 4.69) is 41.9 Å². The van der Waals surface area contributed by atoms with Crippen molar-refractivity contribution in [3.8, 4) is 11.8 Å². The second-order valence-electron chi connectivity index (χ2n) is 8.64. The molecule has 4 heterocycles. The van der Waals surface area contributed by atoms with Gasteiger partial charge in [0.15, 0.2) is 0 Å². The van der Waals surface area contributed by atoms with Gasteiger partial charge in [0.2, 0.25) is 5.95 Å². The lowest BCUT2D eigenvalue weighted by atomic mass is 10.2. The Hall–Kier alpha value is -5.19. The Bertz CT molecular complexity index is 1590. The summed E-state index contributed by atoms with van der Waals surface area (Å²) in [6.07, 6.45) is -7.14. The van der Waals surface area contributed by atoms with Crippen LogP contribution in [0.2, 0.25) is 0 Å². The number of carboxylic acids is 2. The summed E-state index contributed by atoms with van der Waals surface area (Å²) in [5.41, 5.74) is 1.70. The molecule has 244 valence electrons. The number of nitrogens with one attached hydrogen (secondary N) is 1. The van der Waals surface area contributed by atoms with Gasteiger partial charge in [0, 0.05) is 32.4 Å². The van der Waals surface area contributed by atoms with E-state index in [1.807, 2.05) is 4.57 Å². The van der Waals surface area contributed by atoms with E-state index in [-0.39, 0.29) is 12.1 Å². The summed E-state index contributed by atoms with van der Waals surface area (Å²) in [6.45, 7) is 5.65. The van der Waals surface area contributed by atoms with Crippen LogP contribution in [0.1, 0.15) is 23.0 Å². The lowest BCUT2D eigenvalue weighted by Crippen LogP contribution is -2.44. The molecular weight excluding hydrogens is 624 g/mol. The SMILES string of the molecule is CC#CCn1c(N2CCNCC2)nc2cnn(Cc3ccc(C(=O)OC)cn3)c(=O)c21.O=C(O)C(F)(F)F.O=C(O)C(F)(F)F. The van der Waals surface area contributed by atoms with Crippen molar-refractivity contribution in [2.75, 3.05) is 38.2 Å². The van der Waals surface area contributed by atoms with E-state index in [9.17, 15) is 35.9 Å². The summed E-state index contributed by atoms with van der Waals surface area (Å²) >= 11 is 0. The zero-order chi connectivity index (χ0) is 33.9. The second-order valence-corrected chi connectivity index (χ2v) is 8.64. The molecular formula is C25H25F6N7O7. The van der Waals surface area contributed by atoms with Gasteiger partial charge in [0.05, 0.1) is 37.7 Å². The lowest BCUT2D eigenvalue weighted by molar-refractivity contribution is -0.193. The van der Waals surface area contributed by atoms with Crippen molar-refractivity contribution in [3.63, 3.8) is 0 Å². The third kappa shape index (κ3) is 10.2. The van der Waals surface area contributed by atoms with Gasteiger partial charge in [-0.3, -0.25) is 14.3 Å². The van der Waals surface area contributed by atoms with Crippen LogP contribution in [0.4, 0.5) is 32.3 Å². The lowest BCUT2D eigenvalue weighted by Gasteiger charge is -2.28. The van der Waals surface area contributed by atoms with Crippen molar-refractivity contribution in [3.05, 3.63) is 46.1 Å². The van der Waals surface area contributed by atoms with Gasteiger partial charge in [-0.1, -0.05) is 5.92 Å². The monoisotopic (exact) mass is 649 g/mol. The maximum absolute atomic E-state index is 13.3. The van der Waals surface area contributed by atoms with E-state index in [0.717, 1.165) is 32.1 Å². The van der Waals surface area contributed by atoms with E-state index >= 15 is 0 Å². The number of pyridine rings is 1. The molecule has 1 fully saturated rings. The molecule has 1 aliphatic rings. The van der Waals surface area contributed by atoms with Crippen molar-refractivity contribution < 1.29 is 55.7 Å². The number of imidazole rings is 1. The molecule has 0 saturated carbocycles. The van der Waals surface area contributed by atoms with Crippen LogP contribution in [0.3, 0.4) is 0 Å². The first-order valence-corrected chi connectivity index (χ1v) is 12.5. The number of methoxy groups -OCH3 is 1. The molecule has 0 aliphatic carbocycles. The Morgan fingerprint density at radius 1 is 1.02 bits per heavy atom. The maximum Gasteiger partial charge on any atom is 0.490 e. The summed E-state index contributed by atoms with van der Waals surface area (Å²) in [4.78, 5) is 53.8. The van der Waals surface area contributed by atoms with Crippen LogP contribution in [0.15, 0.2) is 29.3 Å². The van der Waals surface area contributed by atoms with E-state index < -0.39 is 30.3 Å². The molecule has 3 N–H and O–H groups in total. The highest BCUT2D eigenvalue weighted by atomic mass is 19.4. The van der Waals surface area contributed by atoms with Crippen molar-refractivity contribution in [2.45, 2.75) is 32.4 Å². The Morgan fingerprint density at radius 3 is 2.07 bits per heavy atom. The van der Waals surface area contributed by atoms with Gasteiger partial charge in [-0.05, 0) is 19.1 Å². The van der Waals surface area contributed by atoms with E-state index in [4.69, 9.17) is 19.8 Å². The minimum atomic E-state index is -5.08. The van der Waals surface area contributed by atoms with Gasteiger partial charge in [0.25, 0.3) is 5.56 Å². The molecule has 0 atom stereocenters. The number of anilines is 1. The third-order valence-corrected chi connectivity index (χ3v) is 5.59. The Labute approximate surface area is 249 Å². The molecule has 1 aliphatic heterocycles. The van der Waals surface area contributed by atoms with Crippen LogP contribution < -0.4 is 15.8 Å². The topological polar surface area (TPSA) is 182 Å². The van der Waals surface area contributed by atoms with Crippen molar-refractivity contribution in [1.82, 2.24) is 29.6 Å². The average Bonchev–Trinajstić information content (AvgIpc) is 3.36. The summed E-state index contributed by atoms with van der Waals surface area (Å²) in [5, 5.41) is 21.9. The van der Waals surface area contributed by atoms with Gasteiger partial charge in [-0.15, -0.1) is 5.92 Å². The molecule has 0 spiro atoms. The number of nitrogens with zero attached hydrogens (tertiary/aromatic N) is 6. The molecule has 45 heavy (non-hydrogen) atoms. The minimum absolute atomic E-state index is 0.170. The number of aromatic nitrogens is 5. The van der Waals surface area contributed by atoms with Crippen molar-refractivity contribution >= 4 is 34.9 Å². The molecule has 0 aromatic carbocycles. The van der Waals surface area contributed by atoms with Gasteiger partial charge in [-0.25, -0.2) is 24.0 Å². The number of piperazine rings is 1. The van der Waals surface area contributed by atoms with E-state index in [1.165, 1.54) is 18.0 Å². The van der Waals surface area contributed by atoms with Crippen molar-refractivity contribution in [2.24, 2.45) is 0 Å². The number of hydrogen-bond acceptors (Lipinski definition) is 10. The first kappa shape index (κ1) is 36.0. The van der Waals surface area contributed by atoms with E-state index in [0.29, 0.717) is 28.8 Å². The highest BCUT2D eigenvalue weighted by Gasteiger charge is 2.38. The number of rotatable bonds is 5. The van der Waals surface area contributed by atoms with Crippen LogP contribution in [-0.4, -0.2) is 98.1 Å². The Kier molecular flexibility index (Phi) is 12.4. The molecule has 14 nitrogen and oxygen atoms in total. The number of carbonyl (C=O) groups is 3. The number of esters is 1. The highest BCUT2D eigenvalue weighted by molar-refractivity contribution is 5.88. The summed E-state index contributed by atoms with van der Waals surface area (Å²) in [6, 6.07) is 3.29. The molecule has 1 saturated heterocycles. The third-order valence-electron chi connectivity index (χ3n) is 5.59. The number of fused-ring (bicyclic) bond motifs is 1. The number of carbonyl (C=O) groups excluding carboxylic acids is 1. The van der Waals surface area contributed by atoms with Crippen LogP contribution in [0, 0.1) is 11.8 Å². The molecule has 0 bridgehead atoms. The van der Waals surface area contributed by atoms with E-state index in [1.54, 1.807) is 25.3 Å². The first-order valence-electron chi connectivity index (χ1n) is 12.5. The Morgan fingerprint density at radius 2 is 1.60 bits per heavy atom. The summed E-state index contributed by atoms with van der Waals surface area (Å²) in [7, 11) is 1.32. The molecule has 0 amide bonds. The number of carboxylic acid groups (broad SMARTS) is 2. The standard InChI is InChI=1S/C21H23N7O3.2C2HF3O2/c1-3-4-9-27-18-17(25-21(27)26-10-7-22-8-11-26)13-24-28(19(18)29)14-16-6-5-15(12-23-16)20(30)31-2;2*3-2(4,5)1(6)7/h5-6,12-13,22H,7-11,14H2,1-2H3;2*(H,6,7). The molecule has 20 heteroatoms. The van der Waals surface area contributed by atoms with Crippen molar-refractivity contribution in [1.29, 1.82) is 0 Å². The van der Waals surface area contributed by atoms with Crippen LogP contribution in [0.5, 0.6) is 0 Å². The van der Waals surface area contributed by atoms with Crippen LogP contribution in [-0.2, 0) is 27.4 Å². The number of halogens is 6. The molecule has 3 aromatic rings. The number of aliphatic carboxylic acids is 2. The largest absolute Gasteiger partial charge is 0.490 e. The fourth-order valence-electron chi connectivity index (χ4n) is 3.51. The zero-order valence-corrected chi connectivity index (χ0v) is 23.4. The van der Waals surface area contributed by atoms with Gasteiger partial charge in [-0.2, -0.15) is 31.4 Å². The van der Waals surface area contributed by atoms with Gasteiger partial charge < -0.3 is 25.2 Å². The zero-order valence-electron chi connectivity index (χ0n) is 23.4. The summed E-state index contributed by atoms with van der Waals surface area (Å²) in [5.74, 6) is 0.697. The predicted molar refractivity (Wildman–Crippen MR) is 142 cm³/mol. The molecule has 4 rings (SSSR count). The highest BCUT2D eigenvalue weighted by Crippen LogP contribution is 2.20. The van der Waals surface area contributed by atoms with Gasteiger partial charge >= 0.3 is 30.3 Å². The van der Waals surface area contributed by atoms with Crippen LogP contribution >= 0.6 is 0 Å². The molecule has 3 aromatic heterocycles. The smallest absolute Gasteiger partial charge is 0.475 e. The minimum Gasteiger partial charge on any atom is -0.475 e. The number of alkyl halides is 6. The quantitative estimate of drug-likeness (QED) is 0.206. The maximum atomic E-state index is 13.3. The first-order chi connectivity index (χ1) is 21.0. The number of hydrogen-bond donors (Lipinski definition) is 3. The van der Waals surface area contributed by atoms with Gasteiger partial charge in [0.1, 0.15) is 11.0 Å². The van der Waals surface area contributed by atoms with Crippen LogP contribution in [0.25, 0.3) is 11.0 Å². The number of ether oxygens (including phenoxy) is 1. The molecule has 0 radical (unpaired) electrons. The molecule has 0 unspecified atom stereocenters. The summed E-state index contributed by atoms with van der Waals surface area (Å²) < 4.78 is 71.4. The fourth-order valence-corrected chi connectivity index (χ4v) is 3.51. The second kappa shape index (κ2) is 15.5. The Balaban J connectivity index is 0.000000421. The average molecular weight is 650 g/mol. The predicted octanol–water partition coefficient (Wildman–Crippen LogP) is 1.52.